The first-order valence-electron chi connectivity index (χ1n) is 6.92. The molecular weight excluding hydrogens is 254 g/mol. The van der Waals surface area contributed by atoms with Crippen molar-refractivity contribution in [3.63, 3.8) is 0 Å². The van der Waals surface area contributed by atoms with Crippen molar-refractivity contribution in [1.29, 1.82) is 0 Å². The predicted molar refractivity (Wildman–Crippen MR) is 76.4 cm³/mol. The molecule has 0 unspecified atom stereocenters. The van der Waals surface area contributed by atoms with E-state index in [1.54, 1.807) is 12.1 Å². The standard InChI is InChI=1S/C16H17NO3/c18-15-13-8-4-1-5-11(13)9-10-14(15)16(19)17-20-12-6-2-3-7-12/h1,4-5,8-10,12,18H,2-3,6-7H2,(H,17,19). The van der Waals surface area contributed by atoms with Crippen LogP contribution in [0.15, 0.2) is 36.4 Å². The molecule has 1 aliphatic carbocycles. The third kappa shape index (κ3) is 2.47. The van der Waals surface area contributed by atoms with Crippen molar-refractivity contribution in [1.82, 2.24) is 5.48 Å². The molecule has 0 bridgehead atoms. The molecule has 0 atom stereocenters. The van der Waals surface area contributed by atoms with E-state index in [1.807, 2.05) is 24.3 Å². The minimum Gasteiger partial charge on any atom is -0.506 e. The molecule has 0 saturated heterocycles. The summed E-state index contributed by atoms with van der Waals surface area (Å²) in [5.41, 5.74) is 2.69. The molecule has 4 heteroatoms. The summed E-state index contributed by atoms with van der Waals surface area (Å²) in [4.78, 5) is 17.4. The van der Waals surface area contributed by atoms with Crippen LogP contribution in [-0.2, 0) is 4.84 Å². The summed E-state index contributed by atoms with van der Waals surface area (Å²) in [6.45, 7) is 0. The number of carbonyl (C=O) groups is 1. The molecule has 0 spiro atoms. The number of hydrogen-bond acceptors (Lipinski definition) is 3. The lowest BCUT2D eigenvalue weighted by atomic mass is 10.1. The number of phenolic OH excluding ortho intramolecular Hbond substituents is 1. The molecule has 1 saturated carbocycles. The Morgan fingerprint density at radius 2 is 1.90 bits per heavy atom. The Morgan fingerprint density at radius 3 is 2.70 bits per heavy atom. The molecule has 0 aliphatic heterocycles. The molecular formula is C16H17NO3. The fourth-order valence-electron chi connectivity index (χ4n) is 2.64. The fourth-order valence-corrected chi connectivity index (χ4v) is 2.64. The minimum atomic E-state index is -0.403. The van der Waals surface area contributed by atoms with Crippen LogP contribution in [0, 0.1) is 0 Å². The van der Waals surface area contributed by atoms with Gasteiger partial charge in [0, 0.05) is 5.39 Å². The van der Waals surface area contributed by atoms with E-state index in [0.29, 0.717) is 5.39 Å². The van der Waals surface area contributed by atoms with Gasteiger partial charge < -0.3 is 5.11 Å². The highest BCUT2D eigenvalue weighted by molar-refractivity contribution is 6.03. The topological polar surface area (TPSA) is 58.6 Å². The Kier molecular flexibility index (Phi) is 3.56. The summed E-state index contributed by atoms with van der Waals surface area (Å²) in [6, 6.07) is 10.8. The van der Waals surface area contributed by atoms with Crippen LogP contribution in [0.2, 0.25) is 0 Å². The van der Waals surface area contributed by atoms with Crippen molar-refractivity contribution in [3.8, 4) is 5.75 Å². The first-order chi connectivity index (χ1) is 9.75. The first kappa shape index (κ1) is 12.9. The number of phenols is 1. The van der Waals surface area contributed by atoms with Gasteiger partial charge in [0.05, 0.1) is 11.7 Å². The maximum absolute atomic E-state index is 12.1. The molecule has 1 amide bonds. The highest BCUT2D eigenvalue weighted by Gasteiger charge is 2.19. The van der Waals surface area contributed by atoms with Crippen molar-refractivity contribution in [2.45, 2.75) is 31.8 Å². The Bertz CT molecular complexity index is 633. The van der Waals surface area contributed by atoms with Crippen LogP contribution in [0.1, 0.15) is 36.0 Å². The van der Waals surface area contributed by atoms with E-state index in [9.17, 15) is 9.90 Å². The third-order valence-electron chi connectivity index (χ3n) is 3.77. The number of amides is 1. The highest BCUT2D eigenvalue weighted by atomic mass is 16.7. The normalized spacial score (nSPS) is 15.6. The van der Waals surface area contributed by atoms with E-state index in [4.69, 9.17) is 4.84 Å². The van der Waals surface area contributed by atoms with Crippen LogP contribution < -0.4 is 5.48 Å². The Morgan fingerprint density at radius 1 is 1.15 bits per heavy atom. The summed E-state index contributed by atoms with van der Waals surface area (Å²) in [5, 5.41) is 11.8. The molecule has 0 radical (unpaired) electrons. The summed E-state index contributed by atoms with van der Waals surface area (Å²) < 4.78 is 0. The average molecular weight is 271 g/mol. The third-order valence-corrected chi connectivity index (χ3v) is 3.77. The van der Waals surface area contributed by atoms with Gasteiger partial charge in [0.15, 0.2) is 0 Å². The number of hydrogen-bond donors (Lipinski definition) is 2. The molecule has 4 nitrogen and oxygen atoms in total. The van der Waals surface area contributed by atoms with Crippen LogP contribution in [0.25, 0.3) is 10.8 Å². The molecule has 0 heterocycles. The van der Waals surface area contributed by atoms with Crippen molar-refractivity contribution >= 4 is 16.7 Å². The first-order valence-corrected chi connectivity index (χ1v) is 6.92. The van der Waals surface area contributed by atoms with Crippen LogP contribution >= 0.6 is 0 Å². The molecule has 3 rings (SSSR count). The van der Waals surface area contributed by atoms with Gasteiger partial charge in [-0.2, -0.15) is 0 Å². The van der Waals surface area contributed by atoms with Gasteiger partial charge in [0.2, 0.25) is 0 Å². The number of carbonyl (C=O) groups excluding carboxylic acids is 1. The van der Waals surface area contributed by atoms with Gasteiger partial charge in [0.1, 0.15) is 5.75 Å². The van der Waals surface area contributed by atoms with E-state index < -0.39 is 5.91 Å². The Balaban J connectivity index is 1.78. The molecule has 0 aromatic heterocycles. The average Bonchev–Trinajstić information content (AvgIpc) is 2.99. The van der Waals surface area contributed by atoms with E-state index in [1.165, 1.54) is 0 Å². The lowest BCUT2D eigenvalue weighted by Gasteiger charge is -2.12. The van der Waals surface area contributed by atoms with Crippen LogP contribution in [0.5, 0.6) is 5.75 Å². The van der Waals surface area contributed by atoms with Crippen LogP contribution in [0.4, 0.5) is 0 Å². The monoisotopic (exact) mass is 271 g/mol. The number of fused-ring (bicyclic) bond motifs is 1. The maximum atomic E-state index is 12.1. The van der Waals surface area contributed by atoms with Crippen molar-refractivity contribution in [3.05, 3.63) is 42.0 Å². The second kappa shape index (κ2) is 5.51. The summed E-state index contributed by atoms with van der Waals surface area (Å²) in [7, 11) is 0. The number of rotatable bonds is 3. The van der Waals surface area contributed by atoms with Crippen molar-refractivity contribution in [2.24, 2.45) is 0 Å². The second-order valence-corrected chi connectivity index (χ2v) is 5.14. The van der Waals surface area contributed by atoms with Crippen molar-refractivity contribution in [2.75, 3.05) is 0 Å². The summed E-state index contributed by atoms with van der Waals surface area (Å²) in [5.74, 6) is -0.407. The zero-order chi connectivity index (χ0) is 13.9. The fraction of sp³-hybridized carbons (Fsp3) is 0.312. The molecule has 2 aromatic rings. The zero-order valence-corrected chi connectivity index (χ0v) is 11.1. The van der Waals surface area contributed by atoms with E-state index in [0.717, 1.165) is 31.1 Å². The SMILES string of the molecule is O=C(NOC1CCCC1)c1ccc2ccccc2c1O. The zero-order valence-electron chi connectivity index (χ0n) is 11.1. The lowest BCUT2D eigenvalue weighted by Crippen LogP contribution is -2.28. The number of benzene rings is 2. The Labute approximate surface area is 117 Å². The predicted octanol–water partition coefficient (Wildman–Crippen LogP) is 3.15. The van der Waals surface area contributed by atoms with Crippen LogP contribution in [-0.4, -0.2) is 17.1 Å². The molecule has 1 aliphatic rings. The largest absolute Gasteiger partial charge is 0.506 e. The van der Waals surface area contributed by atoms with Gasteiger partial charge in [-0.05, 0) is 24.3 Å². The van der Waals surface area contributed by atoms with Gasteiger partial charge in [-0.25, -0.2) is 5.48 Å². The van der Waals surface area contributed by atoms with Gasteiger partial charge in [-0.1, -0.05) is 43.2 Å². The Hall–Kier alpha value is -2.07. The van der Waals surface area contributed by atoms with Gasteiger partial charge >= 0.3 is 0 Å². The van der Waals surface area contributed by atoms with E-state index >= 15 is 0 Å². The summed E-state index contributed by atoms with van der Waals surface area (Å²) in [6.07, 6.45) is 4.33. The van der Waals surface area contributed by atoms with Gasteiger partial charge in [-0.15, -0.1) is 0 Å². The second-order valence-electron chi connectivity index (χ2n) is 5.14. The molecule has 2 N–H and O–H groups in total. The highest BCUT2D eigenvalue weighted by Crippen LogP contribution is 2.28. The maximum Gasteiger partial charge on any atom is 0.278 e. The molecule has 104 valence electrons. The number of aromatic hydroxyl groups is 1. The quantitative estimate of drug-likeness (QED) is 0.843. The molecule has 1 fully saturated rings. The van der Waals surface area contributed by atoms with Gasteiger partial charge in [-0.3, -0.25) is 9.63 Å². The lowest BCUT2D eigenvalue weighted by molar-refractivity contribution is -0.0126. The van der Waals surface area contributed by atoms with Gasteiger partial charge in [0.25, 0.3) is 5.91 Å². The van der Waals surface area contributed by atoms with Crippen molar-refractivity contribution < 1.29 is 14.7 Å². The minimum absolute atomic E-state index is 0.00405. The smallest absolute Gasteiger partial charge is 0.278 e. The number of nitrogens with one attached hydrogen (secondary N) is 1. The molecule has 2 aromatic carbocycles. The summed E-state index contributed by atoms with van der Waals surface area (Å²) >= 11 is 0. The van der Waals surface area contributed by atoms with Crippen LogP contribution in [0.3, 0.4) is 0 Å². The number of hydroxylamine groups is 1. The van der Waals surface area contributed by atoms with E-state index in [-0.39, 0.29) is 17.4 Å². The molecule has 20 heavy (non-hydrogen) atoms. The van der Waals surface area contributed by atoms with E-state index in [2.05, 4.69) is 5.48 Å².